The molecule has 0 aliphatic carbocycles. The van der Waals surface area contributed by atoms with Gasteiger partial charge < -0.3 is 20.3 Å². The highest BCUT2D eigenvalue weighted by atomic mass is 16.5. The van der Waals surface area contributed by atoms with Gasteiger partial charge >= 0.3 is 0 Å². The zero-order valence-corrected chi connectivity index (χ0v) is 21.2. The summed E-state index contributed by atoms with van der Waals surface area (Å²) in [6, 6.07) is 9.31. The van der Waals surface area contributed by atoms with Crippen molar-refractivity contribution in [3.05, 3.63) is 59.4 Å². The van der Waals surface area contributed by atoms with E-state index in [1.54, 1.807) is 18.5 Å². The summed E-state index contributed by atoms with van der Waals surface area (Å²) in [5.74, 6) is -0.127. The van der Waals surface area contributed by atoms with Crippen molar-refractivity contribution in [3.63, 3.8) is 0 Å². The molecule has 2 aliphatic heterocycles. The molecule has 2 N–H and O–H groups in total. The first-order valence-electron chi connectivity index (χ1n) is 13.4. The number of aromatic nitrogens is 1. The summed E-state index contributed by atoms with van der Waals surface area (Å²) in [6.07, 6.45) is 9.74. The van der Waals surface area contributed by atoms with Crippen LogP contribution in [-0.2, 0) is 11.3 Å². The van der Waals surface area contributed by atoms with Crippen LogP contribution in [0.4, 0.5) is 5.69 Å². The Labute approximate surface area is 214 Å². The van der Waals surface area contributed by atoms with Gasteiger partial charge in [0, 0.05) is 56.4 Å². The Kier molecular flexibility index (Phi) is 10.3. The van der Waals surface area contributed by atoms with E-state index in [1.807, 2.05) is 29.2 Å². The molecule has 8 heteroatoms. The van der Waals surface area contributed by atoms with Crippen molar-refractivity contribution in [1.82, 2.24) is 20.5 Å². The van der Waals surface area contributed by atoms with E-state index < -0.39 is 0 Å². The van der Waals surface area contributed by atoms with Crippen molar-refractivity contribution in [2.45, 2.75) is 45.1 Å². The second kappa shape index (κ2) is 14.1. The van der Waals surface area contributed by atoms with Gasteiger partial charge in [-0.3, -0.25) is 19.5 Å². The van der Waals surface area contributed by atoms with E-state index in [0.29, 0.717) is 30.8 Å². The Morgan fingerprint density at radius 2 is 1.83 bits per heavy atom. The van der Waals surface area contributed by atoms with Gasteiger partial charge in [0.25, 0.3) is 11.8 Å². The molecule has 2 amide bonds. The van der Waals surface area contributed by atoms with Crippen LogP contribution in [0.25, 0.3) is 0 Å². The lowest BCUT2D eigenvalue weighted by Gasteiger charge is -2.27. The number of hydrogen-bond donors (Lipinski definition) is 2. The lowest BCUT2D eigenvalue weighted by Crippen LogP contribution is -2.38. The third kappa shape index (κ3) is 7.59. The highest BCUT2D eigenvalue weighted by molar-refractivity contribution is 6.06. The molecule has 1 aromatic heterocycles. The summed E-state index contributed by atoms with van der Waals surface area (Å²) in [4.78, 5) is 34.8. The van der Waals surface area contributed by atoms with Gasteiger partial charge in [0.2, 0.25) is 0 Å². The van der Waals surface area contributed by atoms with Gasteiger partial charge in [-0.15, -0.1) is 0 Å². The lowest BCUT2D eigenvalue weighted by atomic mass is 10.0. The van der Waals surface area contributed by atoms with Crippen molar-refractivity contribution in [2.75, 3.05) is 57.4 Å². The zero-order chi connectivity index (χ0) is 25.0. The topological polar surface area (TPSA) is 86.8 Å². The van der Waals surface area contributed by atoms with E-state index in [9.17, 15) is 9.59 Å². The van der Waals surface area contributed by atoms with Gasteiger partial charge in [0.15, 0.2) is 0 Å². The molecule has 0 unspecified atom stereocenters. The molecule has 0 saturated carbocycles. The van der Waals surface area contributed by atoms with Gasteiger partial charge in [-0.1, -0.05) is 19.3 Å². The molecule has 2 aliphatic rings. The molecule has 0 spiro atoms. The molecule has 4 rings (SSSR count). The van der Waals surface area contributed by atoms with Crippen LogP contribution in [0.5, 0.6) is 0 Å². The van der Waals surface area contributed by atoms with Crippen LogP contribution in [0.3, 0.4) is 0 Å². The maximum absolute atomic E-state index is 13.5. The summed E-state index contributed by atoms with van der Waals surface area (Å²) >= 11 is 0. The van der Waals surface area contributed by atoms with E-state index >= 15 is 0 Å². The fourth-order valence-corrected chi connectivity index (χ4v) is 4.81. The van der Waals surface area contributed by atoms with Crippen LogP contribution >= 0.6 is 0 Å². The van der Waals surface area contributed by atoms with Crippen molar-refractivity contribution >= 4 is 17.5 Å². The van der Waals surface area contributed by atoms with Gasteiger partial charge in [0.1, 0.15) is 0 Å². The first-order chi connectivity index (χ1) is 17.7. The van der Waals surface area contributed by atoms with Gasteiger partial charge in [-0.2, -0.15) is 0 Å². The summed E-state index contributed by atoms with van der Waals surface area (Å²) in [6.45, 7) is 7.28. The minimum absolute atomic E-state index is 0.0540. The third-order valence-corrected chi connectivity index (χ3v) is 6.88. The number of carbonyl (C=O) groups is 2. The molecule has 0 radical (unpaired) electrons. The average Bonchev–Trinajstić information content (AvgIpc) is 2.92. The Bertz CT molecular complexity index is 978. The van der Waals surface area contributed by atoms with E-state index in [1.165, 1.54) is 12.8 Å². The van der Waals surface area contributed by atoms with Crippen LogP contribution in [-0.4, -0.2) is 74.2 Å². The fourth-order valence-electron chi connectivity index (χ4n) is 4.81. The quantitative estimate of drug-likeness (QED) is 0.601. The highest BCUT2D eigenvalue weighted by Crippen LogP contribution is 2.25. The molecular weight excluding hydrogens is 454 g/mol. The Morgan fingerprint density at radius 1 is 1.00 bits per heavy atom. The molecular formula is C28H39N5O3. The number of rotatable bonds is 6. The lowest BCUT2D eigenvalue weighted by molar-refractivity contribution is 0.0374. The predicted octanol–water partition coefficient (Wildman–Crippen LogP) is 3.23. The Hall–Kier alpha value is -2.81. The van der Waals surface area contributed by atoms with Gasteiger partial charge in [0.05, 0.1) is 18.8 Å². The van der Waals surface area contributed by atoms with E-state index in [-0.39, 0.29) is 11.8 Å². The van der Waals surface area contributed by atoms with Crippen LogP contribution < -0.4 is 15.5 Å². The number of morpholine rings is 1. The van der Waals surface area contributed by atoms with Gasteiger partial charge in [-0.25, -0.2) is 0 Å². The number of carbonyl (C=O) groups excluding carboxylic acids is 2. The minimum Gasteiger partial charge on any atom is -0.379 e. The molecule has 0 bridgehead atoms. The summed E-state index contributed by atoms with van der Waals surface area (Å²) < 4.78 is 5.40. The van der Waals surface area contributed by atoms with Crippen LogP contribution in [0.2, 0.25) is 0 Å². The second-order valence-electron chi connectivity index (χ2n) is 9.55. The minimum atomic E-state index is -0.0731. The maximum atomic E-state index is 13.5. The second-order valence-corrected chi connectivity index (χ2v) is 9.55. The number of benzene rings is 1. The van der Waals surface area contributed by atoms with Crippen LogP contribution in [0.1, 0.15) is 64.8 Å². The van der Waals surface area contributed by atoms with Crippen molar-refractivity contribution in [2.24, 2.45) is 0 Å². The summed E-state index contributed by atoms with van der Waals surface area (Å²) in [7, 11) is 0. The molecule has 194 valence electrons. The average molecular weight is 494 g/mol. The number of nitrogens with zero attached hydrogens (tertiary/aromatic N) is 3. The molecule has 1 aromatic carbocycles. The number of ether oxygens (including phenoxy) is 1. The number of hydrogen-bond acceptors (Lipinski definition) is 6. The summed E-state index contributed by atoms with van der Waals surface area (Å²) in [5, 5.41) is 6.58. The zero-order valence-electron chi connectivity index (χ0n) is 21.2. The first kappa shape index (κ1) is 26.3. The molecule has 3 heterocycles. The number of amides is 2. The number of anilines is 1. The largest absolute Gasteiger partial charge is 0.379 e. The monoisotopic (exact) mass is 493 g/mol. The number of pyridine rings is 1. The third-order valence-electron chi connectivity index (χ3n) is 6.88. The van der Waals surface area contributed by atoms with Crippen LogP contribution in [0, 0.1) is 0 Å². The molecule has 36 heavy (non-hydrogen) atoms. The number of fused-ring (bicyclic) bond motifs is 1. The van der Waals surface area contributed by atoms with E-state index in [4.69, 9.17) is 4.74 Å². The van der Waals surface area contributed by atoms with E-state index in [2.05, 4.69) is 20.5 Å². The smallest absolute Gasteiger partial charge is 0.259 e. The van der Waals surface area contributed by atoms with Crippen molar-refractivity contribution in [1.29, 1.82) is 0 Å². The Morgan fingerprint density at radius 3 is 2.67 bits per heavy atom. The molecule has 1 saturated heterocycles. The van der Waals surface area contributed by atoms with Gasteiger partial charge in [-0.05, 0) is 68.2 Å². The van der Waals surface area contributed by atoms with Crippen molar-refractivity contribution < 1.29 is 14.3 Å². The highest BCUT2D eigenvalue weighted by Gasteiger charge is 2.22. The number of nitrogens with one attached hydrogen (secondary N) is 2. The molecule has 0 atom stereocenters. The molecule has 8 nitrogen and oxygen atoms in total. The van der Waals surface area contributed by atoms with Crippen molar-refractivity contribution in [3.8, 4) is 0 Å². The SMILES string of the molecule is O=C(NCCCN1CCOCC1)c1ccc2c(c1)CNCCCCCCCN2C(=O)c1cccnc1. The molecule has 2 aromatic rings. The Balaban J connectivity index is 1.47. The van der Waals surface area contributed by atoms with E-state index in [0.717, 1.165) is 76.3 Å². The normalized spacial score (nSPS) is 17.9. The fraction of sp³-hybridized carbons (Fsp3) is 0.536. The first-order valence-corrected chi connectivity index (χ1v) is 13.4. The van der Waals surface area contributed by atoms with Crippen LogP contribution in [0.15, 0.2) is 42.7 Å². The predicted molar refractivity (Wildman–Crippen MR) is 141 cm³/mol. The molecule has 1 fully saturated rings. The maximum Gasteiger partial charge on any atom is 0.259 e. The summed E-state index contributed by atoms with van der Waals surface area (Å²) in [5.41, 5.74) is 3.03. The standard InChI is InChI=1S/C28H39N5O3/c34-27(31-13-7-14-32-16-18-36-19-17-32)23-9-10-26-25(20-23)22-29-11-4-2-1-3-5-15-33(26)28(35)24-8-6-12-30-21-24/h6,8-10,12,20-21,29H,1-5,7,11,13-19,22H2,(H,31,34).